The maximum absolute atomic E-state index is 6.08. The molecule has 1 fully saturated rings. The first kappa shape index (κ1) is 11.7. The lowest BCUT2D eigenvalue weighted by atomic mass is 9.79. The second-order valence-electron chi connectivity index (χ2n) is 4.96. The Hall–Kier alpha value is -0.760. The predicted octanol–water partition coefficient (Wildman–Crippen LogP) is 3.97. The quantitative estimate of drug-likeness (QED) is 0.843. The van der Waals surface area contributed by atoms with Gasteiger partial charge in [0.1, 0.15) is 0 Å². The third kappa shape index (κ3) is 2.67. The number of nitrogens with one attached hydrogen (secondary N) is 1. The summed E-state index contributed by atoms with van der Waals surface area (Å²) in [4.78, 5) is 3.99. The fourth-order valence-corrected chi connectivity index (χ4v) is 2.56. The molecule has 0 radical (unpaired) electrons. The van der Waals surface area contributed by atoms with Crippen molar-refractivity contribution in [3.63, 3.8) is 0 Å². The van der Waals surface area contributed by atoms with E-state index in [-0.39, 0.29) is 0 Å². The molecule has 2 rings (SSSR count). The Bertz CT molecular complexity index is 354. The third-order valence-corrected chi connectivity index (χ3v) is 4.03. The van der Waals surface area contributed by atoms with E-state index in [0.29, 0.717) is 11.1 Å². The Balaban J connectivity index is 1.98. The molecule has 1 aliphatic rings. The second kappa shape index (κ2) is 5.05. The van der Waals surface area contributed by atoms with Gasteiger partial charge in [0.25, 0.3) is 0 Å². The largest absolute Gasteiger partial charge is 0.381 e. The summed E-state index contributed by atoms with van der Waals surface area (Å²) < 4.78 is 0. The van der Waals surface area contributed by atoms with E-state index in [2.05, 4.69) is 24.1 Å². The summed E-state index contributed by atoms with van der Waals surface area (Å²) in [7, 11) is 0. The summed E-state index contributed by atoms with van der Waals surface area (Å²) in [6, 6.07) is 2.51. The highest BCUT2D eigenvalue weighted by atomic mass is 35.5. The van der Waals surface area contributed by atoms with Crippen LogP contribution in [-0.2, 0) is 0 Å². The van der Waals surface area contributed by atoms with Crippen LogP contribution in [0.3, 0.4) is 0 Å². The standard InChI is InChI=1S/C13H19ClN2/c1-9-3-4-11(7-10(9)2)16-13-5-6-15-8-12(13)14/h5-6,8-11H,3-4,7H2,1-2H3,(H,15,16). The van der Waals surface area contributed by atoms with Crippen molar-refractivity contribution in [2.24, 2.45) is 11.8 Å². The Labute approximate surface area is 102 Å². The molecule has 3 heteroatoms. The lowest BCUT2D eigenvalue weighted by Crippen LogP contribution is -2.30. The number of nitrogens with zero attached hydrogens (tertiary/aromatic N) is 1. The van der Waals surface area contributed by atoms with Crippen LogP contribution < -0.4 is 5.32 Å². The van der Waals surface area contributed by atoms with E-state index in [4.69, 9.17) is 11.6 Å². The molecular formula is C13H19ClN2. The fraction of sp³-hybridized carbons (Fsp3) is 0.615. The van der Waals surface area contributed by atoms with Gasteiger partial charge in [-0.15, -0.1) is 0 Å². The van der Waals surface area contributed by atoms with Crippen molar-refractivity contribution in [2.45, 2.75) is 39.2 Å². The molecule has 0 bridgehead atoms. The minimum absolute atomic E-state index is 0.561. The Morgan fingerprint density at radius 1 is 1.31 bits per heavy atom. The summed E-state index contributed by atoms with van der Waals surface area (Å²) in [6.45, 7) is 4.69. The topological polar surface area (TPSA) is 24.9 Å². The highest BCUT2D eigenvalue weighted by Crippen LogP contribution is 2.32. The molecule has 1 aromatic heterocycles. The fourth-order valence-electron chi connectivity index (χ4n) is 2.39. The van der Waals surface area contributed by atoms with Crippen LogP contribution in [0.2, 0.25) is 5.02 Å². The highest BCUT2D eigenvalue weighted by Gasteiger charge is 2.24. The smallest absolute Gasteiger partial charge is 0.0820 e. The molecule has 3 atom stereocenters. The monoisotopic (exact) mass is 238 g/mol. The Kier molecular flexibility index (Phi) is 3.70. The van der Waals surface area contributed by atoms with Gasteiger partial charge >= 0.3 is 0 Å². The first-order valence-corrected chi connectivity index (χ1v) is 6.40. The molecule has 0 saturated heterocycles. The summed E-state index contributed by atoms with van der Waals surface area (Å²) in [5.74, 6) is 1.65. The van der Waals surface area contributed by atoms with E-state index in [1.54, 1.807) is 12.4 Å². The Morgan fingerprint density at radius 2 is 2.12 bits per heavy atom. The van der Waals surface area contributed by atoms with Crippen molar-refractivity contribution in [2.75, 3.05) is 5.32 Å². The molecule has 0 aliphatic heterocycles. The van der Waals surface area contributed by atoms with Crippen LogP contribution in [0.15, 0.2) is 18.5 Å². The van der Waals surface area contributed by atoms with Gasteiger partial charge in [-0.3, -0.25) is 4.98 Å². The first-order chi connectivity index (χ1) is 7.66. The van der Waals surface area contributed by atoms with Gasteiger partial charge in [-0.25, -0.2) is 0 Å². The van der Waals surface area contributed by atoms with Crippen molar-refractivity contribution >= 4 is 17.3 Å². The van der Waals surface area contributed by atoms with E-state index in [1.165, 1.54) is 19.3 Å². The number of aromatic nitrogens is 1. The minimum Gasteiger partial charge on any atom is -0.381 e. The van der Waals surface area contributed by atoms with Crippen molar-refractivity contribution in [1.29, 1.82) is 0 Å². The molecule has 1 saturated carbocycles. The van der Waals surface area contributed by atoms with Crippen molar-refractivity contribution in [3.05, 3.63) is 23.5 Å². The van der Waals surface area contributed by atoms with Gasteiger partial charge in [0.2, 0.25) is 0 Å². The van der Waals surface area contributed by atoms with E-state index >= 15 is 0 Å². The number of halogens is 1. The maximum atomic E-state index is 6.08. The predicted molar refractivity (Wildman–Crippen MR) is 68.8 cm³/mol. The second-order valence-corrected chi connectivity index (χ2v) is 5.37. The van der Waals surface area contributed by atoms with Crippen LogP contribution in [0.5, 0.6) is 0 Å². The summed E-state index contributed by atoms with van der Waals surface area (Å²) in [5, 5.41) is 4.24. The molecule has 0 aromatic carbocycles. The van der Waals surface area contributed by atoms with Crippen LogP contribution in [0.25, 0.3) is 0 Å². The molecule has 1 aromatic rings. The van der Waals surface area contributed by atoms with Gasteiger partial charge in [0, 0.05) is 18.4 Å². The first-order valence-electron chi connectivity index (χ1n) is 6.03. The molecular weight excluding hydrogens is 220 g/mol. The zero-order valence-electron chi connectivity index (χ0n) is 9.91. The zero-order valence-corrected chi connectivity index (χ0v) is 10.7. The van der Waals surface area contributed by atoms with E-state index in [9.17, 15) is 0 Å². The van der Waals surface area contributed by atoms with Crippen molar-refractivity contribution < 1.29 is 0 Å². The van der Waals surface area contributed by atoms with Crippen molar-refractivity contribution in [1.82, 2.24) is 4.98 Å². The van der Waals surface area contributed by atoms with Crippen LogP contribution in [0, 0.1) is 11.8 Å². The molecule has 1 aliphatic carbocycles. The van der Waals surface area contributed by atoms with Crippen LogP contribution in [0.4, 0.5) is 5.69 Å². The number of hydrogen-bond acceptors (Lipinski definition) is 2. The summed E-state index contributed by atoms with van der Waals surface area (Å²) in [6.07, 6.45) is 7.26. The van der Waals surface area contributed by atoms with E-state index in [0.717, 1.165) is 17.5 Å². The number of pyridine rings is 1. The van der Waals surface area contributed by atoms with Gasteiger partial charge in [-0.05, 0) is 37.2 Å². The van der Waals surface area contributed by atoms with Crippen LogP contribution >= 0.6 is 11.6 Å². The average Bonchev–Trinajstić information content (AvgIpc) is 2.27. The number of rotatable bonds is 2. The van der Waals surface area contributed by atoms with E-state index < -0.39 is 0 Å². The summed E-state index contributed by atoms with van der Waals surface area (Å²) >= 11 is 6.08. The highest BCUT2D eigenvalue weighted by molar-refractivity contribution is 6.33. The molecule has 2 nitrogen and oxygen atoms in total. The molecule has 0 spiro atoms. The van der Waals surface area contributed by atoms with Crippen molar-refractivity contribution in [3.8, 4) is 0 Å². The van der Waals surface area contributed by atoms with Gasteiger partial charge in [-0.2, -0.15) is 0 Å². The molecule has 16 heavy (non-hydrogen) atoms. The Morgan fingerprint density at radius 3 is 2.81 bits per heavy atom. The molecule has 88 valence electrons. The van der Waals surface area contributed by atoms with Gasteiger partial charge < -0.3 is 5.32 Å². The normalized spacial score (nSPS) is 30.1. The number of hydrogen-bond donors (Lipinski definition) is 1. The van der Waals surface area contributed by atoms with Gasteiger partial charge in [-0.1, -0.05) is 25.4 Å². The summed E-state index contributed by atoms with van der Waals surface area (Å²) in [5.41, 5.74) is 1.02. The zero-order chi connectivity index (χ0) is 11.5. The third-order valence-electron chi connectivity index (χ3n) is 3.73. The minimum atomic E-state index is 0.561. The number of anilines is 1. The SMILES string of the molecule is CC1CCC(Nc2ccncc2Cl)CC1C. The van der Waals surface area contributed by atoms with Crippen LogP contribution in [-0.4, -0.2) is 11.0 Å². The molecule has 3 unspecified atom stereocenters. The lowest BCUT2D eigenvalue weighted by molar-refractivity contribution is 0.261. The van der Waals surface area contributed by atoms with E-state index in [1.807, 2.05) is 6.07 Å². The molecule has 1 heterocycles. The van der Waals surface area contributed by atoms with Gasteiger partial charge in [0.15, 0.2) is 0 Å². The molecule has 0 amide bonds. The lowest BCUT2D eigenvalue weighted by Gasteiger charge is -2.33. The molecule has 1 N–H and O–H groups in total. The van der Waals surface area contributed by atoms with Crippen LogP contribution in [0.1, 0.15) is 33.1 Å². The average molecular weight is 239 g/mol. The van der Waals surface area contributed by atoms with Gasteiger partial charge in [0.05, 0.1) is 10.7 Å². The maximum Gasteiger partial charge on any atom is 0.0820 e.